The second kappa shape index (κ2) is 7.77. The number of hydrogen-bond acceptors (Lipinski definition) is 5. The molecule has 0 radical (unpaired) electrons. The molecule has 2 heterocycles. The molecule has 0 spiro atoms. The van der Waals surface area contributed by atoms with Crippen molar-refractivity contribution < 1.29 is 9.59 Å². The number of hydrogen-bond donors (Lipinski definition) is 3. The average Bonchev–Trinajstić information content (AvgIpc) is 3.41. The van der Waals surface area contributed by atoms with Crippen molar-refractivity contribution in [2.45, 2.75) is 26.2 Å². The number of H-pyrrole nitrogens is 1. The number of aromatic amines is 1. The van der Waals surface area contributed by atoms with Gasteiger partial charge in [-0.25, -0.2) is 9.78 Å². The fraction of sp³-hybridized carbons (Fsp3) is 0.174. The van der Waals surface area contributed by atoms with E-state index in [4.69, 9.17) is 0 Å². The van der Waals surface area contributed by atoms with Gasteiger partial charge in [-0.3, -0.25) is 25.2 Å². The minimum absolute atomic E-state index is 0.0101. The van der Waals surface area contributed by atoms with Crippen LogP contribution < -0.4 is 16.4 Å². The van der Waals surface area contributed by atoms with Gasteiger partial charge in [0.15, 0.2) is 11.4 Å². The number of aryl methyl sites for hydroxylation is 1. The average molecular weight is 428 g/mol. The maximum Gasteiger partial charge on any atom is 0.290 e. The van der Waals surface area contributed by atoms with Crippen LogP contribution in [0.2, 0.25) is 0 Å². The summed E-state index contributed by atoms with van der Waals surface area (Å²) in [5.41, 5.74) is 8.66. The van der Waals surface area contributed by atoms with Gasteiger partial charge in [-0.05, 0) is 44.4 Å². The van der Waals surface area contributed by atoms with E-state index in [1.54, 1.807) is 28.9 Å². The lowest BCUT2D eigenvalue weighted by atomic mass is 10.1. The number of hydrazine groups is 1. The van der Waals surface area contributed by atoms with E-state index in [0.717, 1.165) is 41.8 Å². The van der Waals surface area contributed by atoms with E-state index >= 15 is 0 Å². The van der Waals surface area contributed by atoms with Gasteiger partial charge in [0, 0.05) is 16.6 Å². The summed E-state index contributed by atoms with van der Waals surface area (Å²) in [5, 5.41) is 11.4. The number of rotatable bonds is 3. The van der Waals surface area contributed by atoms with Gasteiger partial charge in [-0.1, -0.05) is 35.9 Å². The third kappa shape index (κ3) is 3.33. The van der Waals surface area contributed by atoms with Crippen LogP contribution in [0.1, 0.15) is 44.2 Å². The van der Waals surface area contributed by atoms with Crippen molar-refractivity contribution in [3.8, 4) is 5.69 Å². The molecular formula is C23H20N6O3. The number of carbonyl (C=O) groups is 2. The lowest BCUT2D eigenvalue weighted by molar-refractivity contribution is 0.0841. The molecule has 1 aliphatic rings. The third-order valence-electron chi connectivity index (χ3n) is 5.62. The van der Waals surface area contributed by atoms with Crippen LogP contribution in [0, 0.1) is 6.92 Å². The van der Waals surface area contributed by atoms with E-state index < -0.39 is 17.4 Å². The molecule has 0 saturated carbocycles. The number of amides is 2. The SMILES string of the molecule is Cc1ccc(-n2nc(C(=O)NNC(=O)c3n[nH]c(=O)c4ccccc34)c3c2CCC3)cc1. The maximum absolute atomic E-state index is 12.9. The van der Waals surface area contributed by atoms with Gasteiger partial charge in [0.1, 0.15) is 0 Å². The minimum atomic E-state index is -0.639. The molecule has 160 valence electrons. The highest BCUT2D eigenvalue weighted by Crippen LogP contribution is 2.27. The zero-order valence-electron chi connectivity index (χ0n) is 17.3. The van der Waals surface area contributed by atoms with Gasteiger partial charge < -0.3 is 0 Å². The molecule has 0 atom stereocenters. The Kier molecular flexibility index (Phi) is 4.78. The van der Waals surface area contributed by atoms with Crippen LogP contribution in [0.5, 0.6) is 0 Å². The van der Waals surface area contributed by atoms with E-state index in [1.165, 1.54) is 0 Å². The number of nitrogens with zero attached hydrogens (tertiary/aromatic N) is 3. The molecule has 3 N–H and O–H groups in total. The molecule has 32 heavy (non-hydrogen) atoms. The van der Waals surface area contributed by atoms with Crippen molar-refractivity contribution in [2.24, 2.45) is 0 Å². The normalized spacial score (nSPS) is 12.5. The van der Waals surface area contributed by atoms with E-state index in [-0.39, 0.29) is 11.4 Å². The summed E-state index contributed by atoms with van der Waals surface area (Å²) in [4.78, 5) is 37.5. The Morgan fingerprint density at radius 1 is 0.938 bits per heavy atom. The molecule has 4 aromatic rings. The van der Waals surface area contributed by atoms with Crippen LogP contribution in [0.25, 0.3) is 16.5 Å². The monoisotopic (exact) mass is 428 g/mol. The molecule has 2 amide bonds. The van der Waals surface area contributed by atoms with Gasteiger partial charge in [0.2, 0.25) is 0 Å². The number of benzene rings is 2. The largest absolute Gasteiger partial charge is 0.290 e. The molecule has 0 saturated heterocycles. The van der Waals surface area contributed by atoms with Crippen molar-refractivity contribution in [1.29, 1.82) is 0 Å². The van der Waals surface area contributed by atoms with Crippen molar-refractivity contribution in [1.82, 2.24) is 30.8 Å². The van der Waals surface area contributed by atoms with Crippen molar-refractivity contribution in [2.75, 3.05) is 0 Å². The topological polar surface area (TPSA) is 122 Å². The van der Waals surface area contributed by atoms with E-state index in [0.29, 0.717) is 10.8 Å². The second-order valence-electron chi connectivity index (χ2n) is 7.73. The smallest absolute Gasteiger partial charge is 0.267 e. The van der Waals surface area contributed by atoms with Crippen molar-refractivity contribution >= 4 is 22.6 Å². The molecule has 2 aromatic carbocycles. The number of aromatic nitrogens is 4. The number of fused-ring (bicyclic) bond motifs is 2. The summed E-state index contributed by atoms with van der Waals surface area (Å²) >= 11 is 0. The summed E-state index contributed by atoms with van der Waals surface area (Å²) < 4.78 is 1.80. The summed E-state index contributed by atoms with van der Waals surface area (Å²) in [5.74, 6) is -1.14. The second-order valence-corrected chi connectivity index (χ2v) is 7.73. The highest BCUT2D eigenvalue weighted by molar-refractivity contribution is 6.05. The van der Waals surface area contributed by atoms with E-state index in [2.05, 4.69) is 26.1 Å². The lowest BCUT2D eigenvalue weighted by Crippen LogP contribution is -2.42. The van der Waals surface area contributed by atoms with Gasteiger partial charge in [0.25, 0.3) is 17.4 Å². The van der Waals surface area contributed by atoms with Crippen LogP contribution in [0.3, 0.4) is 0 Å². The predicted molar refractivity (Wildman–Crippen MR) is 118 cm³/mol. The van der Waals surface area contributed by atoms with Crippen LogP contribution in [0.15, 0.2) is 53.3 Å². The quantitative estimate of drug-likeness (QED) is 0.431. The van der Waals surface area contributed by atoms with Crippen LogP contribution in [-0.2, 0) is 12.8 Å². The summed E-state index contributed by atoms with van der Waals surface area (Å²) in [7, 11) is 0. The molecule has 0 unspecified atom stereocenters. The highest BCUT2D eigenvalue weighted by Gasteiger charge is 2.27. The molecule has 5 rings (SSSR count). The highest BCUT2D eigenvalue weighted by atomic mass is 16.2. The molecule has 0 fully saturated rings. The van der Waals surface area contributed by atoms with Crippen LogP contribution in [0.4, 0.5) is 0 Å². The van der Waals surface area contributed by atoms with Crippen molar-refractivity contribution in [3.63, 3.8) is 0 Å². The first-order valence-corrected chi connectivity index (χ1v) is 10.3. The zero-order chi connectivity index (χ0) is 22.2. The summed E-state index contributed by atoms with van der Waals surface area (Å²) in [6.45, 7) is 2.01. The van der Waals surface area contributed by atoms with Crippen LogP contribution in [-0.4, -0.2) is 31.8 Å². The summed E-state index contributed by atoms with van der Waals surface area (Å²) in [6.07, 6.45) is 2.53. The molecule has 1 aliphatic carbocycles. The maximum atomic E-state index is 12.9. The molecule has 0 aliphatic heterocycles. The van der Waals surface area contributed by atoms with Gasteiger partial charge >= 0.3 is 0 Å². The van der Waals surface area contributed by atoms with Crippen LogP contribution >= 0.6 is 0 Å². The predicted octanol–water partition coefficient (Wildman–Crippen LogP) is 1.98. The molecule has 2 aromatic heterocycles. The Labute approximate surface area is 182 Å². The van der Waals surface area contributed by atoms with E-state index in [9.17, 15) is 14.4 Å². The molecule has 0 bridgehead atoms. The van der Waals surface area contributed by atoms with Crippen molar-refractivity contribution in [3.05, 3.63) is 87.1 Å². The number of nitrogens with one attached hydrogen (secondary N) is 3. The fourth-order valence-electron chi connectivity index (χ4n) is 4.04. The summed E-state index contributed by atoms with van der Waals surface area (Å²) in [6, 6.07) is 14.6. The van der Waals surface area contributed by atoms with Gasteiger partial charge in [-0.15, -0.1) is 0 Å². The molecule has 9 heteroatoms. The van der Waals surface area contributed by atoms with E-state index in [1.807, 2.05) is 31.2 Å². The Morgan fingerprint density at radius 3 is 2.38 bits per heavy atom. The first kappa shape index (κ1) is 19.7. The Bertz CT molecular complexity index is 1420. The lowest BCUT2D eigenvalue weighted by Gasteiger charge is -2.08. The Balaban J connectivity index is 1.39. The first-order valence-electron chi connectivity index (χ1n) is 10.3. The zero-order valence-corrected chi connectivity index (χ0v) is 17.3. The number of carbonyl (C=O) groups excluding carboxylic acids is 2. The van der Waals surface area contributed by atoms with Gasteiger partial charge in [0.05, 0.1) is 11.1 Å². The Hall–Kier alpha value is -4.27. The Morgan fingerprint density at radius 2 is 1.62 bits per heavy atom. The standard InChI is InChI=1S/C23H20N6O3/c1-13-9-11-14(12-10-13)29-18-8-4-7-17(18)20(28-29)23(32)27-26-22(31)19-15-5-2-3-6-16(15)21(30)25-24-19/h2-3,5-6,9-12H,4,7-8H2,1H3,(H,25,30)(H,26,31)(H,27,32). The minimum Gasteiger partial charge on any atom is -0.267 e. The molecular weight excluding hydrogens is 408 g/mol. The molecule has 9 nitrogen and oxygen atoms in total. The first-order chi connectivity index (χ1) is 15.5. The fourth-order valence-corrected chi connectivity index (χ4v) is 4.04. The third-order valence-corrected chi connectivity index (χ3v) is 5.62. The van der Waals surface area contributed by atoms with Gasteiger partial charge in [-0.2, -0.15) is 10.2 Å².